The summed E-state index contributed by atoms with van der Waals surface area (Å²) in [6, 6.07) is 18.5. The molecule has 2 heterocycles. The number of sulfonamides is 1. The Kier molecular flexibility index (Phi) is 6.49. The SMILES string of the molecule is Cc1ccc2c(c1)OC(C)(C)CC2NC(=O)CN(c1ccc2c(c1)OCCO2)S(=O)(=O)c1ccccc1. The molecule has 0 aliphatic carbocycles. The first-order chi connectivity index (χ1) is 17.6. The maximum absolute atomic E-state index is 13.7. The van der Waals surface area contributed by atoms with Crippen LogP contribution in [0.15, 0.2) is 71.6 Å². The van der Waals surface area contributed by atoms with Crippen LogP contribution in [0.1, 0.15) is 37.4 Å². The van der Waals surface area contributed by atoms with Gasteiger partial charge in [-0.3, -0.25) is 9.10 Å². The molecule has 37 heavy (non-hydrogen) atoms. The summed E-state index contributed by atoms with van der Waals surface area (Å²) < 4.78 is 46.0. The first kappa shape index (κ1) is 25.0. The highest BCUT2D eigenvalue weighted by Crippen LogP contribution is 2.40. The van der Waals surface area contributed by atoms with Crippen molar-refractivity contribution >= 4 is 21.6 Å². The number of hydrogen-bond donors (Lipinski definition) is 1. The van der Waals surface area contributed by atoms with Crippen LogP contribution in [0.25, 0.3) is 0 Å². The molecule has 1 N–H and O–H groups in total. The van der Waals surface area contributed by atoms with E-state index in [0.717, 1.165) is 21.2 Å². The van der Waals surface area contributed by atoms with Gasteiger partial charge in [0, 0.05) is 18.1 Å². The molecule has 194 valence electrons. The molecule has 5 rings (SSSR count). The van der Waals surface area contributed by atoms with Crippen molar-refractivity contribution in [3.63, 3.8) is 0 Å². The van der Waals surface area contributed by atoms with Crippen LogP contribution in [0.3, 0.4) is 0 Å². The minimum atomic E-state index is -4.05. The minimum Gasteiger partial charge on any atom is -0.487 e. The van der Waals surface area contributed by atoms with E-state index in [4.69, 9.17) is 14.2 Å². The number of anilines is 1. The van der Waals surface area contributed by atoms with Crippen molar-refractivity contribution < 1.29 is 27.4 Å². The average molecular weight is 523 g/mol. The summed E-state index contributed by atoms with van der Waals surface area (Å²) in [5.74, 6) is 1.27. The van der Waals surface area contributed by atoms with Crippen LogP contribution in [0, 0.1) is 6.92 Å². The zero-order valence-corrected chi connectivity index (χ0v) is 21.9. The molecule has 3 aromatic carbocycles. The molecule has 8 nitrogen and oxygen atoms in total. The van der Waals surface area contributed by atoms with Gasteiger partial charge in [-0.15, -0.1) is 0 Å². The number of nitrogens with zero attached hydrogens (tertiary/aromatic N) is 1. The number of amides is 1. The van der Waals surface area contributed by atoms with E-state index in [9.17, 15) is 13.2 Å². The monoisotopic (exact) mass is 522 g/mol. The van der Waals surface area contributed by atoms with Gasteiger partial charge in [0.1, 0.15) is 31.1 Å². The molecule has 0 saturated heterocycles. The lowest BCUT2D eigenvalue weighted by atomic mass is 9.89. The Balaban J connectivity index is 1.46. The number of nitrogens with one attached hydrogen (secondary N) is 1. The first-order valence-electron chi connectivity index (χ1n) is 12.2. The second-order valence-corrected chi connectivity index (χ2v) is 11.7. The van der Waals surface area contributed by atoms with Crippen molar-refractivity contribution in [2.75, 3.05) is 24.1 Å². The lowest BCUT2D eigenvalue weighted by Gasteiger charge is -2.38. The number of aryl methyl sites for hydroxylation is 1. The highest BCUT2D eigenvalue weighted by atomic mass is 32.2. The quantitative estimate of drug-likeness (QED) is 0.516. The number of hydrogen-bond acceptors (Lipinski definition) is 6. The number of benzene rings is 3. The Morgan fingerprint density at radius 1 is 0.973 bits per heavy atom. The van der Waals surface area contributed by atoms with E-state index in [-0.39, 0.29) is 10.9 Å². The van der Waals surface area contributed by atoms with E-state index in [2.05, 4.69) is 5.32 Å². The Labute approximate surface area is 217 Å². The summed E-state index contributed by atoms with van der Waals surface area (Å²) in [5.41, 5.74) is 1.74. The number of fused-ring (bicyclic) bond motifs is 2. The summed E-state index contributed by atoms with van der Waals surface area (Å²) in [5, 5.41) is 3.06. The maximum atomic E-state index is 13.7. The highest BCUT2D eigenvalue weighted by Gasteiger charge is 2.36. The topological polar surface area (TPSA) is 94.2 Å². The van der Waals surface area contributed by atoms with Crippen molar-refractivity contribution in [1.82, 2.24) is 5.32 Å². The van der Waals surface area contributed by atoms with E-state index in [1.54, 1.807) is 36.4 Å². The molecule has 0 spiro atoms. The van der Waals surface area contributed by atoms with Crippen molar-refractivity contribution in [3.8, 4) is 17.2 Å². The van der Waals surface area contributed by atoms with E-state index < -0.39 is 28.1 Å². The predicted octanol–water partition coefficient (Wildman–Crippen LogP) is 4.38. The van der Waals surface area contributed by atoms with Crippen molar-refractivity contribution in [1.29, 1.82) is 0 Å². The molecule has 2 aliphatic heterocycles. The summed E-state index contributed by atoms with van der Waals surface area (Å²) >= 11 is 0. The van der Waals surface area contributed by atoms with E-state index in [1.165, 1.54) is 12.1 Å². The van der Waals surface area contributed by atoms with Gasteiger partial charge >= 0.3 is 0 Å². The van der Waals surface area contributed by atoms with Crippen LogP contribution in [0.5, 0.6) is 17.2 Å². The first-order valence-corrected chi connectivity index (χ1v) is 13.6. The highest BCUT2D eigenvalue weighted by molar-refractivity contribution is 7.92. The minimum absolute atomic E-state index is 0.0886. The zero-order chi connectivity index (χ0) is 26.2. The summed E-state index contributed by atoms with van der Waals surface area (Å²) in [7, 11) is -4.05. The lowest BCUT2D eigenvalue weighted by molar-refractivity contribution is -0.120. The number of ether oxygens (including phenoxy) is 3. The molecule has 9 heteroatoms. The van der Waals surface area contributed by atoms with Gasteiger partial charge in [0.15, 0.2) is 11.5 Å². The molecule has 1 unspecified atom stereocenters. The second-order valence-electron chi connectivity index (χ2n) is 9.88. The van der Waals surface area contributed by atoms with Gasteiger partial charge in [0.25, 0.3) is 10.0 Å². The summed E-state index contributed by atoms with van der Waals surface area (Å²) in [4.78, 5) is 13.5. The fraction of sp³-hybridized carbons (Fsp3) is 0.321. The molecule has 2 aliphatic rings. The van der Waals surface area contributed by atoms with E-state index in [0.29, 0.717) is 36.8 Å². The van der Waals surface area contributed by atoms with Gasteiger partial charge in [-0.2, -0.15) is 0 Å². The third kappa shape index (κ3) is 5.22. The molecule has 0 bridgehead atoms. The van der Waals surface area contributed by atoms with Gasteiger partial charge in [-0.1, -0.05) is 30.3 Å². The maximum Gasteiger partial charge on any atom is 0.264 e. The van der Waals surface area contributed by atoms with Crippen molar-refractivity contribution in [2.24, 2.45) is 0 Å². The van der Waals surface area contributed by atoms with Gasteiger partial charge < -0.3 is 19.5 Å². The van der Waals surface area contributed by atoms with Crippen LogP contribution in [0.4, 0.5) is 5.69 Å². The zero-order valence-electron chi connectivity index (χ0n) is 21.1. The van der Waals surface area contributed by atoms with Gasteiger partial charge in [0.2, 0.25) is 5.91 Å². The van der Waals surface area contributed by atoms with Gasteiger partial charge in [-0.05, 0) is 56.7 Å². The molecule has 1 amide bonds. The molecule has 0 saturated carbocycles. The molecule has 3 aromatic rings. The Morgan fingerprint density at radius 3 is 2.46 bits per heavy atom. The molecular weight excluding hydrogens is 492 g/mol. The van der Waals surface area contributed by atoms with E-state index in [1.807, 2.05) is 39.0 Å². The van der Waals surface area contributed by atoms with Crippen molar-refractivity contribution in [2.45, 2.75) is 43.7 Å². The number of carbonyl (C=O) groups is 1. The van der Waals surface area contributed by atoms with Gasteiger partial charge in [-0.25, -0.2) is 8.42 Å². The third-order valence-electron chi connectivity index (χ3n) is 6.39. The van der Waals surface area contributed by atoms with Crippen LogP contribution >= 0.6 is 0 Å². The number of rotatable bonds is 6. The molecule has 0 fully saturated rings. The van der Waals surface area contributed by atoms with E-state index >= 15 is 0 Å². The average Bonchev–Trinajstić information content (AvgIpc) is 2.86. The van der Waals surface area contributed by atoms with Crippen LogP contribution in [-0.2, 0) is 14.8 Å². The fourth-order valence-corrected chi connectivity index (χ4v) is 6.11. The lowest BCUT2D eigenvalue weighted by Crippen LogP contribution is -2.45. The summed E-state index contributed by atoms with van der Waals surface area (Å²) in [6.07, 6.45) is 0.546. The largest absolute Gasteiger partial charge is 0.487 e. The molecule has 1 atom stereocenters. The smallest absolute Gasteiger partial charge is 0.264 e. The third-order valence-corrected chi connectivity index (χ3v) is 8.18. The summed E-state index contributed by atoms with van der Waals surface area (Å²) in [6.45, 7) is 6.30. The molecule has 0 radical (unpaired) electrons. The van der Waals surface area contributed by atoms with Crippen LogP contribution < -0.4 is 23.8 Å². The van der Waals surface area contributed by atoms with Crippen molar-refractivity contribution in [3.05, 3.63) is 77.9 Å². The van der Waals surface area contributed by atoms with Crippen LogP contribution in [0.2, 0.25) is 0 Å². The number of carbonyl (C=O) groups excluding carboxylic acids is 1. The normalized spacial score (nSPS) is 17.8. The predicted molar refractivity (Wildman–Crippen MR) is 140 cm³/mol. The second kappa shape index (κ2) is 9.63. The Bertz CT molecular complexity index is 1420. The Morgan fingerprint density at radius 2 is 1.70 bits per heavy atom. The fourth-order valence-electron chi connectivity index (χ4n) is 4.68. The Hall–Kier alpha value is -3.72. The molecular formula is C28H30N2O6S. The van der Waals surface area contributed by atoms with Crippen LogP contribution in [-0.4, -0.2) is 39.7 Å². The standard InChI is InChI=1S/C28H30N2O6S/c1-19-9-11-22-23(17-28(2,3)36-25(22)15-19)29-27(31)18-30(37(32,33)21-7-5-4-6-8-21)20-10-12-24-26(16-20)35-14-13-34-24/h4-12,15-16,23H,13-14,17-18H2,1-3H3,(H,29,31). The molecule has 0 aromatic heterocycles. The van der Waals surface area contributed by atoms with Gasteiger partial charge in [0.05, 0.1) is 16.6 Å².